The van der Waals surface area contributed by atoms with Crippen LogP contribution in [0.2, 0.25) is 0 Å². The highest BCUT2D eigenvalue weighted by molar-refractivity contribution is 6.12. The molecule has 0 atom stereocenters. The van der Waals surface area contributed by atoms with Crippen molar-refractivity contribution in [3.63, 3.8) is 0 Å². The van der Waals surface area contributed by atoms with Crippen LogP contribution in [0.3, 0.4) is 0 Å². The van der Waals surface area contributed by atoms with E-state index in [0.29, 0.717) is 0 Å². The first-order valence-corrected chi connectivity index (χ1v) is 16.5. The Balaban J connectivity index is 1.29. The molecule has 0 unspecified atom stereocenters. The summed E-state index contributed by atoms with van der Waals surface area (Å²) in [4.78, 5) is 2.40. The molecule has 1 heterocycles. The molecular formula is C45H36N2. The fourth-order valence-corrected chi connectivity index (χ4v) is 7.95. The molecule has 1 aliphatic carbocycles. The second-order valence-corrected chi connectivity index (χ2v) is 13.5. The van der Waals surface area contributed by atoms with E-state index in [0.717, 1.165) is 5.69 Å². The van der Waals surface area contributed by atoms with Crippen molar-refractivity contribution in [2.24, 2.45) is 0 Å². The average molecular weight is 605 g/mol. The Kier molecular flexibility index (Phi) is 6.01. The lowest BCUT2D eigenvalue weighted by Gasteiger charge is -2.28. The zero-order valence-corrected chi connectivity index (χ0v) is 27.3. The summed E-state index contributed by atoms with van der Waals surface area (Å²) in [5.41, 5.74) is 15.0. The third-order valence-corrected chi connectivity index (χ3v) is 10.5. The van der Waals surface area contributed by atoms with Crippen LogP contribution in [-0.2, 0) is 5.41 Å². The first-order valence-electron chi connectivity index (χ1n) is 16.5. The Hall–Kier alpha value is -5.60. The number of hydrogen-bond donors (Lipinski definition) is 0. The molecule has 0 spiro atoms. The molecule has 2 heteroatoms. The number of aryl methyl sites for hydroxylation is 2. The van der Waals surface area contributed by atoms with E-state index in [1.54, 1.807) is 0 Å². The lowest BCUT2D eigenvalue weighted by atomic mass is 9.81. The molecular weight excluding hydrogens is 569 g/mol. The molecule has 7 aromatic carbocycles. The number of benzene rings is 7. The van der Waals surface area contributed by atoms with Crippen LogP contribution >= 0.6 is 0 Å². The predicted octanol–water partition coefficient (Wildman–Crippen LogP) is 12.3. The van der Waals surface area contributed by atoms with Gasteiger partial charge in [-0.05, 0) is 107 Å². The van der Waals surface area contributed by atoms with E-state index < -0.39 is 0 Å². The van der Waals surface area contributed by atoms with Gasteiger partial charge in [-0.25, -0.2) is 0 Å². The molecule has 1 aromatic heterocycles. The number of para-hydroxylation sites is 3. The highest BCUT2D eigenvalue weighted by Gasteiger charge is 2.38. The van der Waals surface area contributed by atoms with Gasteiger partial charge in [0.25, 0.3) is 0 Å². The number of anilines is 3. The molecule has 0 saturated carbocycles. The van der Waals surface area contributed by atoms with Crippen LogP contribution in [0.5, 0.6) is 0 Å². The van der Waals surface area contributed by atoms with E-state index in [1.165, 1.54) is 83.0 Å². The molecule has 0 bridgehead atoms. The van der Waals surface area contributed by atoms with E-state index in [-0.39, 0.29) is 5.41 Å². The van der Waals surface area contributed by atoms with Gasteiger partial charge in [-0.3, -0.25) is 0 Å². The Morgan fingerprint density at radius 1 is 0.468 bits per heavy atom. The van der Waals surface area contributed by atoms with Gasteiger partial charge in [0.15, 0.2) is 0 Å². The summed E-state index contributed by atoms with van der Waals surface area (Å²) in [5.74, 6) is 0. The van der Waals surface area contributed by atoms with Crippen molar-refractivity contribution in [3.05, 3.63) is 168 Å². The van der Waals surface area contributed by atoms with Gasteiger partial charge < -0.3 is 9.47 Å². The first kappa shape index (κ1) is 27.7. The van der Waals surface area contributed by atoms with Crippen LogP contribution in [0.25, 0.3) is 49.4 Å². The fraction of sp³-hybridized carbons (Fsp3) is 0.111. The van der Waals surface area contributed by atoms with Gasteiger partial charge in [-0.2, -0.15) is 0 Å². The molecule has 2 nitrogen and oxygen atoms in total. The van der Waals surface area contributed by atoms with Gasteiger partial charge in [-0.1, -0.05) is 105 Å². The largest absolute Gasteiger partial charge is 0.310 e. The third-order valence-electron chi connectivity index (χ3n) is 10.5. The predicted molar refractivity (Wildman–Crippen MR) is 200 cm³/mol. The normalized spacial score (nSPS) is 13.3. The second-order valence-electron chi connectivity index (χ2n) is 13.5. The molecule has 0 amide bonds. The molecule has 47 heavy (non-hydrogen) atoms. The first-order chi connectivity index (χ1) is 22.9. The lowest BCUT2D eigenvalue weighted by molar-refractivity contribution is 0.660. The fourth-order valence-electron chi connectivity index (χ4n) is 7.95. The number of nitrogens with zero attached hydrogens (tertiary/aromatic N) is 2. The Morgan fingerprint density at radius 2 is 1.04 bits per heavy atom. The SMILES string of the molecule is Cc1ccc(N(c2ccccc2)c2ccc3c(c2)C(C)(C)c2cc(-n4c5ccccc5c5ccccc54)c4ccccc4c2-3)cc1C. The molecule has 8 aromatic rings. The smallest absolute Gasteiger partial charge is 0.0544 e. The monoisotopic (exact) mass is 604 g/mol. The van der Waals surface area contributed by atoms with Crippen LogP contribution in [0.4, 0.5) is 17.1 Å². The van der Waals surface area contributed by atoms with E-state index in [1.807, 2.05) is 0 Å². The molecule has 1 aliphatic rings. The van der Waals surface area contributed by atoms with Gasteiger partial charge in [0, 0.05) is 38.6 Å². The second kappa shape index (κ2) is 10.2. The van der Waals surface area contributed by atoms with Crippen molar-refractivity contribution < 1.29 is 0 Å². The summed E-state index contributed by atoms with van der Waals surface area (Å²) in [7, 11) is 0. The van der Waals surface area contributed by atoms with Crippen LogP contribution < -0.4 is 4.90 Å². The zero-order valence-electron chi connectivity index (χ0n) is 27.3. The van der Waals surface area contributed by atoms with Crippen LogP contribution in [0, 0.1) is 13.8 Å². The summed E-state index contributed by atoms with van der Waals surface area (Å²) in [6.07, 6.45) is 0. The summed E-state index contributed by atoms with van der Waals surface area (Å²) in [6.45, 7) is 9.17. The van der Waals surface area contributed by atoms with Gasteiger partial charge in [0.1, 0.15) is 0 Å². The minimum absolute atomic E-state index is 0.205. The molecule has 0 fully saturated rings. The molecule has 9 rings (SSSR count). The summed E-state index contributed by atoms with van der Waals surface area (Å²) < 4.78 is 2.48. The van der Waals surface area contributed by atoms with Crippen molar-refractivity contribution >= 4 is 49.6 Å². The van der Waals surface area contributed by atoms with Gasteiger partial charge in [-0.15, -0.1) is 0 Å². The molecule has 0 aliphatic heterocycles. The minimum Gasteiger partial charge on any atom is -0.310 e. The van der Waals surface area contributed by atoms with Gasteiger partial charge in [0.2, 0.25) is 0 Å². The quantitative estimate of drug-likeness (QED) is 0.194. The van der Waals surface area contributed by atoms with Gasteiger partial charge in [0.05, 0.1) is 16.7 Å². The van der Waals surface area contributed by atoms with Crippen molar-refractivity contribution in [2.75, 3.05) is 4.90 Å². The number of hydrogen-bond acceptors (Lipinski definition) is 1. The topological polar surface area (TPSA) is 8.17 Å². The van der Waals surface area contributed by atoms with Crippen LogP contribution in [0.15, 0.2) is 146 Å². The van der Waals surface area contributed by atoms with Gasteiger partial charge >= 0.3 is 0 Å². The summed E-state index contributed by atoms with van der Waals surface area (Å²) >= 11 is 0. The molecule has 0 saturated heterocycles. The number of fused-ring (bicyclic) bond motifs is 8. The molecule has 226 valence electrons. The van der Waals surface area contributed by atoms with E-state index in [2.05, 4.69) is 183 Å². The maximum atomic E-state index is 2.48. The highest BCUT2D eigenvalue weighted by Crippen LogP contribution is 2.54. The molecule has 0 N–H and O–H groups in total. The minimum atomic E-state index is -0.205. The number of aromatic nitrogens is 1. The van der Waals surface area contributed by atoms with Crippen molar-refractivity contribution in [1.82, 2.24) is 4.57 Å². The third kappa shape index (κ3) is 4.04. The maximum absolute atomic E-state index is 2.48. The summed E-state index contributed by atoms with van der Waals surface area (Å²) in [5, 5.41) is 5.14. The maximum Gasteiger partial charge on any atom is 0.0544 e. The van der Waals surface area contributed by atoms with Crippen molar-refractivity contribution in [1.29, 1.82) is 0 Å². The standard InChI is InChI=1S/C45H36N2/c1-29-22-23-32(26-30(29)2)46(31-14-6-5-7-15-31)33-24-25-38-39(27-33)45(3,4)40-28-43(36-18-8-9-19-37(36)44(38)40)47-41-20-12-10-16-34(41)35-17-11-13-21-42(35)47/h5-28H,1-4H3. The Bertz CT molecular complexity index is 2460. The summed E-state index contributed by atoms with van der Waals surface area (Å²) in [6, 6.07) is 53.7. The van der Waals surface area contributed by atoms with Crippen LogP contribution in [-0.4, -0.2) is 4.57 Å². The van der Waals surface area contributed by atoms with E-state index in [9.17, 15) is 0 Å². The highest BCUT2D eigenvalue weighted by atomic mass is 15.1. The zero-order chi connectivity index (χ0) is 31.9. The molecule has 0 radical (unpaired) electrons. The van der Waals surface area contributed by atoms with E-state index in [4.69, 9.17) is 0 Å². The Labute approximate surface area is 276 Å². The van der Waals surface area contributed by atoms with Crippen LogP contribution in [0.1, 0.15) is 36.1 Å². The average Bonchev–Trinajstić information content (AvgIpc) is 3.55. The lowest BCUT2D eigenvalue weighted by Crippen LogP contribution is -2.17. The Morgan fingerprint density at radius 3 is 1.72 bits per heavy atom. The van der Waals surface area contributed by atoms with Crippen molar-refractivity contribution in [3.8, 4) is 16.8 Å². The van der Waals surface area contributed by atoms with E-state index >= 15 is 0 Å². The number of rotatable bonds is 4. The van der Waals surface area contributed by atoms with Crippen molar-refractivity contribution in [2.45, 2.75) is 33.1 Å².